The van der Waals surface area contributed by atoms with E-state index in [0.29, 0.717) is 31.5 Å². The summed E-state index contributed by atoms with van der Waals surface area (Å²) >= 11 is 0. The van der Waals surface area contributed by atoms with E-state index in [1.807, 2.05) is 4.90 Å². The van der Waals surface area contributed by atoms with Crippen molar-refractivity contribution in [1.82, 2.24) is 15.1 Å². The molecule has 0 aromatic rings. The molecule has 0 aromatic heterocycles. The first-order valence-electron chi connectivity index (χ1n) is 10.4. The Bertz CT molecular complexity index is 428. The minimum atomic E-state index is 0.0703. The number of nitrogens with one attached hydrogen (secondary N) is 1. The lowest BCUT2D eigenvalue weighted by Crippen LogP contribution is -2.52. The number of nitrogens with zero attached hydrogens (tertiary/aromatic N) is 2. The van der Waals surface area contributed by atoms with Gasteiger partial charge in [0.2, 0.25) is 11.8 Å². The third-order valence-electron chi connectivity index (χ3n) is 5.24. The van der Waals surface area contributed by atoms with Crippen molar-refractivity contribution < 1.29 is 14.3 Å². The summed E-state index contributed by atoms with van der Waals surface area (Å²) < 4.78 is 5.51. The molecule has 2 amide bonds. The largest absolute Gasteiger partial charge is 0.381 e. The van der Waals surface area contributed by atoms with Gasteiger partial charge >= 0.3 is 0 Å². The molecule has 26 heavy (non-hydrogen) atoms. The van der Waals surface area contributed by atoms with Crippen molar-refractivity contribution in [2.24, 2.45) is 11.8 Å². The summed E-state index contributed by atoms with van der Waals surface area (Å²) in [4.78, 5) is 28.8. The predicted molar refractivity (Wildman–Crippen MR) is 103 cm³/mol. The molecule has 1 saturated carbocycles. The Kier molecular flexibility index (Phi) is 9.40. The average Bonchev–Trinajstić information content (AvgIpc) is 2.65. The van der Waals surface area contributed by atoms with Crippen LogP contribution in [-0.2, 0) is 14.3 Å². The molecule has 1 aliphatic carbocycles. The Morgan fingerprint density at radius 1 is 1.08 bits per heavy atom. The molecule has 0 spiro atoms. The number of hydrogen-bond donors (Lipinski definition) is 1. The summed E-state index contributed by atoms with van der Waals surface area (Å²) in [6, 6.07) is 0. The maximum atomic E-state index is 12.6. The van der Waals surface area contributed by atoms with Gasteiger partial charge in [0.1, 0.15) is 0 Å². The lowest BCUT2D eigenvalue weighted by molar-refractivity contribution is -0.138. The van der Waals surface area contributed by atoms with Gasteiger partial charge < -0.3 is 15.0 Å². The van der Waals surface area contributed by atoms with Crippen LogP contribution in [0.5, 0.6) is 0 Å². The molecule has 150 valence electrons. The Morgan fingerprint density at radius 3 is 2.42 bits per heavy atom. The lowest BCUT2D eigenvalue weighted by atomic mass is 9.88. The highest BCUT2D eigenvalue weighted by Gasteiger charge is 2.28. The number of carbonyl (C=O) groups is 2. The summed E-state index contributed by atoms with van der Waals surface area (Å²) in [6.07, 6.45) is 6.63. The number of carbonyl (C=O) groups excluding carboxylic acids is 2. The predicted octanol–water partition coefficient (Wildman–Crippen LogP) is 1.89. The first-order valence-corrected chi connectivity index (χ1v) is 10.4. The van der Waals surface area contributed by atoms with Crippen LogP contribution in [0.25, 0.3) is 0 Å². The fourth-order valence-electron chi connectivity index (χ4n) is 3.71. The van der Waals surface area contributed by atoms with E-state index in [0.717, 1.165) is 52.0 Å². The van der Waals surface area contributed by atoms with Gasteiger partial charge in [-0.2, -0.15) is 0 Å². The lowest BCUT2D eigenvalue weighted by Gasteiger charge is -2.36. The number of ether oxygens (including phenoxy) is 1. The Balaban J connectivity index is 1.55. The van der Waals surface area contributed by atoms with Crippen molar-refractivity contribution in [3.8, 4) is 0 Å². The first-order chi connectivity index (χ1) is 12.6. The molecular formula is C20H37N3O3. The first kappa shape index (κ1) is 21.2. The molecule has 2 aliphatic rings. The fourth-order valence-corrected chi connectivity index (χ4v) is 3.71. The monoisotopic (exact) mass is 367 g/mol. The molecule has 1 saturated heterocycles. The number of hydrogen-bond acceptors (Lipinski definition) is 4. The molecule has 0 bridgehead atoms. The van der Waals surface area contributed by atoms with Crippen LogP contribution >= 0.6 is 0 Å². The molecule has 6 nitrogen and oxygen atoms in total. The van der Waals surface area contributed by atoms with E-state index in [9.17, 15) is 9.59 Å². The van der Waals surface area contributed by atoms with Gasteiger partial charge in [0.15, 0.2) is 0 Å². The van der Waals surface area contributed by atoms with Gasteiger partial charge in [-0.05, 0) is 25.2 Å². The molecule has 6 heteroatoms. The maximum absolute atomic E-state index is 12.6. The van der Waals surface area contributed by atoms with Crippen molar-refractivity contribution in [1.29, 1.82) is 0 Å². The van der Waals surface area contributed by atoms with Crippen molar-refractivity contribution >= 4 is 11.8 Å². The zero-order valence-electron chi connectivity index (χ0n) is 16.7. The highest BCUT2D eigenvalue weighted by Crippen LogP contribution is 2.25. The Hall–Kier alpha value is -1.14. The van der Waals surface area contributed by atoms with Crippen LogP contribution in [0.15, 0.2) is 0 Å². The van der Waals surface area contributed by atoms with Crippen molar-refractivity contribution in [3.05, 3.63) is 0 Å². The smallest absolute Gasteiger partial charge is 0.234 e. The summed E-state index contributed by atoms with van der Waals surface area (Å²) in [5, 5.41) is 2.96. The average molecular weight is 368 g/mol. The van der Waals surface area contributed by atoms with E-state index < -0.39 is 0 Å². The molecule has 1 N–H and O–H groups in total. The van der Waals surface area contributed by atoms with Gasteiger partial charge in [0.05, 0.1) is 6.54 Å². The molecule has 2 fully saturated rings. The number of rotatable bonds is 9. The standard InChI is InChI=1S/C20H37N3O3/c1-17(2)16-26-14-6-9-21-19(24)15-22-10-12-23(13-11-22)20(25)18-7-4-3-5-8-18/h17-18H,3-16H2,1-2H3,(H,21,24). The van der Waals surface area contributed by atoms with E-state index in [4.69, 9.17) is 4.74 Å². The summed E-state index contributed by atoms with van der Waals surface area (Å²) in [5.74, 6) is 1.21. The third kappa shape index (κ3) is 7.62. The van der Waals surface area contributed by atoms with Crippen LogP contribution in [0.2, 0.25) is 0 Å². The van der Waals surface area contributed by atoms with Crippen molar-refractivity contribution in [2.75, 3.05) is 52.5 Å². The zero-order valence-corrected chi connectivity index (χ0v) is 16.7. The summed E-state index contributed by atoms with van der Waals surface area (Å²) in [5.41, 5.74) is 0. The van der Waals surface area contributed by atoms with Crippen LogP contribution in [0, 0.1) is 11.8 Å². The van der Waals surface area contributed by atoms with E-state index >= 15 is 0 Å². The van der Waals surface area contributed by atoms with Gasteiger partial charge in [-0.1, -0.05) is 33.1 Å². The second-order valence-electron chi connectivity index (χ2n) is 8.11. The van der Waals surface area contributed by atoms with Gasteiger partial charge in [0, 0.05) is 51.9 Å². The minimum Gasteiger partial charge on any atom is -0.381 e. The summed E-state index contributed by atoms with van der Waals surface area (Å²) in [6.45, 7) is 9.92. The van der Waals surface area contributed by atoms with Gasteiger partial charge in [-0.15, -0.1) is 0 Å². The SMILES string of the molecule is CC(C)COCCCNC(=O)CN1CCN(C(=O)C2CCCCC2)CC1. The Labute approximate surface area is 158 Å². The molecule has 1 aliphatic heterocycles. The molecule has 0 unspecified atom stereocenters. The van der Waals surface area contributed by atoms with E-state index in [1.165, 1.54) is 19.3 Å². The number of piperazine rings is 1. The molecule has 2 rings (SSSR count). The Morgan fingerprint density at radius 2 is 1.77 bits per heavy atom. The van der Waals surface area contributed by atoms with Crippen LogP contribution < -0.4 is 5.32 Å². The molecule has 1 heterocycles. The fraction of sp³-hybridized carbons (Fsp3) is 0.900. The molecular weight excluding hydrogens is 330 g/mol. The van der Waals surface area contributed by atoms with Crippen LogP contribution in [0.1, 0.15) is 52.4 Å². The second kappa shape index (κ2) is 11.5. The van der Waals surface area contributed by atoms with E-state index in [1.54, 1.807) is 0 Å². The molecule has 0 aromatic carbocycles. The van der Waals surface area contributed by atoms with Gasteiger partial charge in [0.25, 0.3) is 0 Å². The van der Waals surface area contributed by atoms with E-state index in [2.05, 4.69) is 24.1 Å². The third-order valence-corrected chi connectivity index (χ3v) is 5.24. The normalized spacial score (nSPS) is 19.7. The molecule has 0 radical (unpaired) electrons. The van der Waals surface area contributed by atoms with Crippen LogP contribution in [0.4, 0.5) is 0 Å². The quantitative estimate of drug-likeness (QED) is 0.632. The van der Waals surface area contributed by atoms with Crippen molar-refractivity contribution in [2.45, 2.75) is 52.4 Å². The van der Waals surface area contributed by atoms with Crippen LogP contribution in [0.3, 0.4) is 0 Å². The van der Waals surface area contributed by atoms with Gasteiger partial charge in [-0.25, -0.2) is 0 Å². The van der Waals surface area contributed by atoms with E-state index in [-0.39, 0.29) is 11.8 Å². The molecule has 0 atom stereocenters. The number of amides is 2. The van der Waals surface area contributed by atoms with Crippen molar-refractivity contribution in [3.63, 3.8) is 0 Å². The zero-order chi connectivity index (χ0) is 18.8. The summed E-state index contributed by atoms with van der Waals surface area (Å²) in [7, 11) is 0. The minimum absolute atomic E-state index is 0.0703. The highest BCUT2D eigenvalue weighted by atomic mass is 16.5. The topological polar surface area (TPSA) is 61.9 Å². The highest BCUT2D eigenvalue weighted by molar-refractivity contribution is 5.79. The maximum Gasteiger partial charge on any atom is 0.234 e. The second-order valence-corrected chi connectivity index (χ2v) is 8.11. The van der Waals surface area contributed by atoms with Gasteiger partial charge in [-0.3, -0.25) is 14.5 Å². The van der Waals surface area contributed by atoms with Crippen LogP contribution in [-0.4, -0.2) is 74.1 Å².